The minimum atomic E-state index is -0.603. The Hall–Kier alpha value is -0.930. The number of carbonyl (C=O) groups excluding carboxylic acids is 1. The van der Waals surface area contributed by atoms with Gasteiger partial charge in [0, 0.05) is 10.9 Å². The Bertz CT molecular complexity index is 391. The second-order valence-corrected chi connectivity index (χ2v) is 4.46. The normalized spacial score (nSPS) is 12.9. The molecule has 0 aromatic heterocycles. The number of ketones is 1. The quantitative estimate of drug-likeness (QED) is 0.827. The van der Waals surface area contributed by atoms with Crippen LogP contribution in [-0.4, -0.2) is 17.5 Å². The van der Waals surface area contributed by atoms with Crippen molar-refractivity contribution < 1.29 is 14.3 Å². The molecule has 1 unspecified atom stereocenters. The van der Waals surface area contributed by atoms with Crippen molar-refractivity contribution in [3.05, 3.63) is 34.6 Å². The van der Waals surface area contributed by atoms with Crippen LogP contribution in [0.3, 0.4) is 0 Å². The van der Waals surface area contributed by atoms with Crippen LogP contribution in [0.25, 0.3) is 0 Å². The van der Waals surface area contributed by atoms with Gasteiger partial charge in [-0.3, -0.25) is 4.79 Å². The first-order valence-electron chi connectivity index (χ1n) is 5.07. The summed E-state index contributed by atoms with van der Waals surface area (Å²) in [6, 6.07) is 3.84. The highest BCUT2D eigenvalue weighted by atomic mass is 35.5. The maximum atomic E-state index is 13.4. The lowest BCUT2D eigenvalue weighted by atomic mass is 9.88. The Morgan fingerprint density at radius 2 is 2.12 bits per heavy atom. The van der Waals surface area contributed by atoms with Crippen molar-refractivity contribution >= 4 is 17.4 Å². The Labute approximate surface area is 99.0 Å². The molecule has 1 rings (SSSR count). The van der Waals surface area contributed by atoms with Crippen LogP contribution in [0.5, 0.6) is 0 Å². The van der Waals surface area contributed by atoms with Crippen molar-refractivity contribution in [2.75, 3.05) is 6.61 Å². The Balaban J connectivity index is 3.08. The van der Waals surface area contributed by atoms with E-state index in [0.717, 1.165) is 6.07 Å². The van der Waals surface area contributed by atoms with Gasteiger partial charge in [-0.15, -0.1) is 0 Å². The molecule has 1 N–H and O–H groups in total. The van der Waals surface area contributed by atoms with Gasteiger partial charge in [0.25, 0.3) is 0 Å². The lowest BCUT2D eigenvalue weighted by Crippen LogP contribution is -2.24. The van der Waals surface area contributed by atoms with E-state index in [-0.39, 0.29) is 18.1 Å². The van der Waals surface area contributed by atoms with Gasteiger partial charge in [-0.05, 0) is 24.1 Å². The third-order valence-electron chi connectivity index (χ3n) is 2.53. The van der Waals surface area contributed by atoms with Gasteiger partial charge in [0.05, 0.1) is 12.2 Å². The van der Waals surface area contributed by atoms with Crippen molar-refractivity contribution in [3.63, 3.8) is 0 Å². The van der Waals surface area contributed by atoms with Crippen LogP contribution in [0, 0.1) is 17.7 Å². The third kappa shape index (κ3) is 2.80. The number of rotatable bonds is 4. The molecule has 4 heteroatoms. The fraction of sp³-hybridized carbons (Fsp3) is 0.417. The molecule has 1 atom stereocenters. The SMILES string of the molecule is CC(C)C(CO)C(=O)c1cc(Cl)ccc1F. The monoisotopic (exact) mass is 244 g/mol. The van der Waals surface area contributed by atoms with Gasteiger partial charge in [-0.1, -0.05) is 25.4 Å². The minimum Gasteiger partial charge on any atom is -0.396 e. The number of carbonyl (C=O) groups is 1. The molecule has 1 aromatic carbocycles. The van der Waals surface area contributed by atoms with E-state index in [1.807, 2.05) is 0 Å². The van der Waals surface area contributed by atoms with E-state index in [4.69, 9.17) is 16.7 Å². The van der Waals surface area contributed by atoms with Gasteiger partial charge < -0.3 is 5.11 Å². The summed E-state index contributed by atoms with van der Waals surface area (Å²) in [5.74, 6) is -1.64. The smallest absolute Gasteiger partial charge is 0.171 e. The summed E-state index contributed by atoms with van der Waals surface area (Å²) in [5.41, 5.74) is -0.0553. The summed E-state index contributed by atoms with van der Waals surface area (Å²) >= 11 is 5.71. The number of halogens is 2. The van der Waals surface area contributed by atoms with E-state index in [0.29, 0.717) is 5.02 Å². The number of hydrogen-bond acceptors (Lipinski definition) is 2. The molecule has 0 aliphatic rings. The average Bonchev–Trinajstić information content (AvgIpc) is 2.22. The lowest BCUT2D eigenvalue weighted by Gasteiger charge is -2.17. The molecule has 0 spiro atoms. The Morgan fingerprint density at radius 3 is 2.62 bits per heavy atom. The van der Waals surface area contributed by atoms with E-state index in [1.54, 1.807) is 13.8 Å². The van der Waals surface area contributed by atoms with Crippen LogP contribution in [-0.2, 0) is 0 Å². The fourth-order valence-corrected chi connectivity index (χ4v) is 1.65. The number of aliphatic hydroxyl groups is 1. The predicted octanol–water partition coefficient (Wildman–Crippen LogP) is 2.93. The summed E-state index contributed by atoms with van der Waals surface area (Å²) in [4.78, 5) is 11.9. The highest BCUT2D eigenvalue weighted by Gasteiger charge is 2.25. The molecule has 2 nitrogen and oxygen atoms in total. The van der Waals surface area contributed by atoms with Crippen molar-refractivity contribution in [3.8, 4) is 0 Å². The van der Waals surface area contributed by atoms with E-state index in [2.05, 4.69) is 0 Å². The highest BCUT2D eigenvalue weighted by Crippen LogP contribution is 2.21. The molecule has 0 saturated carbocycles. The second-order valence-electron chi connectivity index (χ2n) is 4.02. The average molecular weight is 245 g/mol. The summed E-state index contributed by atoms with van der Waals surface area (Å²) in [7, 11) is 0. The van der Waals surface area contributed by atoms with Gasteiger partial charge in [0.2, 0.25) is 0 Å². The van der Waals surface area contributed by atoms with Gasteiger partial charge in [-0.25, -0.2) is 4.39 Å². The molecule has 0 amide bonds. The summed E-state index contributed by atoms with van der Waals surface area (Å²) < 4.78 is 13.4. The van der Waals surface area contributed by atoms with Crippen molar-refractivity contribution in [1.29, 1.82) is 0 Å². The predicted molar refractivity (Wildman–Crippen MR) is 61.2 cm³/mol. The van der Waals surface area contributed by atoms with Gasteiger partial charge in [0.1, 0.15) is 5.82 Å². The van der Waals surface area contributed by atoms with Gasteiger partial charge in [0.15, 0.2) is 5.78 Å². The molecule has 0 saturated heterocycles. The molecule has 16 heavy (non-hydrogen) atoms. The highest BCUT2D eigenvalue weighted by molar-refractivity contribution is 6.31. The van der Waals surface area contributed by atoms with Gasteiger partial charge >= 0.3 is 0 Å². The zero-order valence-corrected chi connectivity index (χ0v) is 9.96. The van der Waals surface area contributed by atoms with Crippen LogP contribution in [0.15, 0.2) is 18.2 Å². The van der Waals surface area contributed by atoms with Crippen molar-refractivity contribution in [2.24, 2.45) is 11.8 Å². The third-order valence-corrected chi connectivity index (χ3v) is 2.77. The molecular weight excluding hydrogens is 231 g/mol. The first-order valence-corrected chi connectivity index (χ1v) is 5.45. The Morgan fingerprint density at radius 1 is 1.50 bits per heavy atom. The van der Waals surface area contributed by atoms with Crippen LogP contribution in [0.4, 0.5) is 4.39 Å². The first kappa shape index (κ1) is 13.1. The Kier molecular flexibility index (Phi) is 4.44. The van der Waals surface area contributed by atoms with Crippen LogP contribution < -0.4 is 0 Å². The molecule has 0 bridgehead atoms. The fourth-order valence-electron chi connectivity index (χ4n) is 1.48. The molecule has 0 heterocycles. The molecule has 88 valence electrons. The number of benzene rings is 1. The largest absolute Gasteiger partial charge is 0.396 e. The first-order chi connectivity index (χ1) is 7.47. The summed E-state index contributed by atoms with van der Waals surface area (Å²) in [5, 5.41) is 9.42. The molecule has 0 aliphatic heterocycles. The van der Waals surface area contributed by atoms with Crippen LogP contribution >= 0.6 is 11.6 Å². The van der Waals surface area contributed by atoms with E-state index < -0.39 is 17.5 Å². The zero-order valence-electron chi connectivity index (χ0n) is 9.21. The second kappa shape index (κ2) is 5.41. The van der Waals surface area contributed by atoms with Gasteiger partial charge in [-0.2, -0.15) is 0 Å². The van der Waals surface area contributed by atoms with E-state index in [9.17, 15) is 9.18 Å². The number of Topliss-reactive ketones (excluding diaryl/α,β-unsaturated/α-hetero) is 1. The molecule has 0 radical (unpaired) electrons. The lowest BCUT2D eigenvalue weighted by molar-refractivity contribution is 0.0802. The summed E-state index contributed by atoms with van der Waals surface area (Å²) in [6.07, 6.45) is 0. The molecule has 0 fully saturated rings. The number of hydrogen-bond donors (Lipinski definition) is 1. The topological polar surface area (TPSA) is 37.3 Å². The maximum Gasteiger partial charge on any atom is 0.171 e. The molecule has 0 aliphatic carbocycles. The molecular formula is C12H14ClFO2. The maximum absolute atomic E-state index is 13.4. The van der Waals surface area contributed by atoms with Crippen LogP contribution in [0.1, 0.15) is 24.2 Å². The number of aliphatic hydroxyl groups excluding tert-OH is 1. The molecule has 1 aromatic rings. The van der Waals surface area contributed by atoms with Crippen molar-refractivity contribution in [2.45, 2.75) is 13.8 Å². The standard InChI is InChI=1S/C12H14ClFO2/c1-7(2)10(6-15)12(16)9-5-8(13)3-4-11(9)14/h3-5,7,10,15H,6H2,1-2H3. The van der Waals surface area contributed by atoms with Crippen molar-refractivity contribution in [1.82, 2.24) is 0 Å². The minimum absolute atomic E-state index is 0.0455. The summed E-state index contributed by atoms with van der Waals surface area (Å²) in [6.45, 7) is 3.32. The zero-order chi connectivity index (χ0) is 12.3. The van der Waals surface area contributed by atoms with E-state index in [1.165, 1.54) is 12.1 Å². The van der Waals surface area contributed by atoms with Crippen LogP contribution in [0.2, 0.25) is 5.02 Å². The van der Waals surface area contributed by atoms with E-state index >= 15 is 0 Å².